The van der Waals surface area contributed by atoms with Crippen molar-refractivity contribution in [2.24, 2.45) is 0 Å². The van der Waals surface area contributed by atoms with Gasteiger partial charge < -0.3 is 4.90 Å². The quantitative estimate of drug-likeness (QED) is 0.371. The van der Waals surface area contributed by atoms with Crippen LogP contribution in [-0.2, 0) is 10.0 Å². The van der Waals surface area contributed by atoms with Crippen molar-refractivity contribution in [3.8, 4) is 0 Å². The van der Waals surface area contributed by atoms with E-state index in [0.29, 0.717) is 23.8 Å². The largest absolute Gasteiger partial charge is 0.303 e. The number of hydrogen-bond acceptors (Lipinski definition) is 3. The predicted molar refractivity (Wildman–Crippen MR) is 140 cm³/mol. The summed E-state index contributed by atoms with van der Waals surface area (Å²) in [7, 11) is -3.51. The van der Waals surface area contributed by atoms with Gasteiger partial charge in [0.2, 0.25) is 10.0 Å². The monoisotopic (exact) mass is 496 g/mol. The maximum absolute atomic E-state index is 12.6. The first kappa shape index (κ1) is 24.9. The second kappa shape index (κ2) is 12.0. The number of rotatable bonds is 10. The molecule has 0 bridgehead atoms. The minimum Gasteiger partial charge on any atom is -0.303 e. The third-order valence-corrected chi connectivity index (χ3v) is 8.66. The van der Waals surface area contributed by atoms with E-state index in [0.717, 1.165) is 36.6 Å². The molecule has 180 valence electrons. The molecule has 1 atom stereocenters. The highest BCUT2D eigenvalue weighted by Gasteiger charge is 2.23. The van der Waals surface area contributed by atoms with Gasteiger partial charge in [0.1, 0.15) is 0 Å². The molecule has 0 spiro atoms. The Bertz CT molecular complexity index is 1130. The number of likely N-dealkylation sites (tertiary alicyclic amines) is 1. The maximum Gasteiger partial charge on any atom is 0.240 e. The van der Waals surface area contributed by atoms with Crippen LogP contribution in [0, 0.1) is 0 Å². The van der Waals surface area contributed by atoms with Crippen LogP contribution >= 0.6 is 11.6 Å². The van der Waals surface area contributed by atoms with Crippen molar-refractivity contribution in [2.45, 2.75) is 42.4 Å². The molecule has 4 nitrogen and oxygen atoms in total. The third kappa shape index (κ3) is 6.70. The molecule has 34 heavy (non-hydrogen) atoms. The molecule has 1 aliphatic rings. The molecule has 0 saturated carbocycles. The fraction of sp³-hybridized carbons (Fsp3) is 0.357. The Labute approximate surface area is 209 Å². The third-order valence-electron chi connectivity index (χ3n) is 6.84. The summed E-state index contributed by atoms with van der Waals surface area (Å²) in [6.07, 6.45) is 4.01. The molecule has 0 radical (unpaired) electrons. The van der Waals surface area contributed by atoms with E-state index < -0.39 is 10.0 Å². The molecular formula is C28H33ClN2O2S. The summed E-state index contributed by atoms with van der Waals surface area (Å²) in [5.74, 6) is 0.836. The maximum atomic E-state index is 12.6. The summed E-state index contributed by atoms with van der Waals surface area (Å²) in [5.41, 5.74) is 2.55. The van der Waals surface area contributed by atoms with Gasteiger partial charge in [0, 0.05) is 11.6 Å². The number of benzene rings is 3. The van der Waals surface area contributed by atoms with Gasteiger partial charge in [-0.2, -0.15) is 0 Å². The minimum atomic E-state index is -3.51. The lowest BCUT2D eigenvalue weighted by Crippen LogP contribution is -2.34. The van der Waals surface area contributed by atoms with Gasteiger partial charge in [-0.3, -0.25) is 0 Å². The van der Waals surface area contributed by atoms with E-state index in [4.69, 9.17) is 11.6 Å². The molecular weight excluding hydrogens is 464 g/mol. The molecule has 0 amide bonds. The molecule has 3 aromatic carbocycles. The zero-order chi connectivity index (χ0) is 23.8. The normalized spacial score (nSPS) is 16.4. The van der Waals surface area contributed by atoms with Crippen molar-refractivity contribution >= 4 is 21.6 Å². The summed E-state index contributed by atoms with van der Waals surface area (Å²) in [6.45, 7) is 3.55. The fourth-order valence-corrected chi connectivity index (χ4v) is 6.22. The van der Waals surface area contributed by atoms with Crippen molar-refractivity contribution in [1.29, 1.82) is 0 Å². The van der Waals surface area contributed by atoms with Crippen molar-refractivity contribution in [3.05, 3.63) is 101 Å². The molecule has 6 heteroatoms. The molecule has 0 aromatic heterocycles. The summed E-state index contributed by atoms with van der Waals surface area (Å²) in [6, 6.07) is 27.3. The standard InChI is InChI=1S/C28H33ClN2O2S/c29-28-14-8-7-13-27(28)25(15-19-30-34(32,33)26-11-5-2-6-12-26)18-22-31-20-16-24(17-21-31)23-9-3-1-4-10-23/h1-14,24-25,30H,15-22H2. The number of piperidine rings is 1. The van der Waals surface area contributed by atoms with Crippen LogP contribution in [0.1, 0.15) is 48.6 Å². The van der Waals surface area contributed by atoms with Gasteiger partial charge >= 0.3 is 0 Å². The van der Waals surface area contributed by atoms with Gasteiger partial charge in [0.15, 0.2) is 0 Å². The lowest BCUT2D eigenvalue weighted by molar-refractivity contribution is 0.204. The zero-order valence-electron chi connectivity index (χ0n) is 19.4. The van der Waals surface area contributed by atoms with Gasteiger partial charge in [-0.05, 0) is 86.5 Å². The predicted octanol–water partition coefficient (Wildman–Crippen LogP) is 6.06. The molecule has 0 aliphatic carbocycles. The van der Waals surface area contributed by atoms with E-state index in [1.165, 1.54) is 18.4 Å². The van der Waals surface area contributed by atoms with E-state index in [2.05, 4.69) is 46.0 Å². The van der Waals surface area contributed by atoms with Crippen LogP contribution in [0.2, 0.25) is 5.02 Å². The zero-order valence-corrected chi connectivity index (χ0v) is 21.0. The lowest BCUT2D eigenvalue weighted by Gasteiger charge is -2.33. The Hall–Kier alpha value is -2.18. The number of sulfonamides is 1. The van der Waals surface area contributed by atoms with E-state index in [1.807, 2.05) is 24.3 Å². The molecule has 1 heterocycles. The molecule has 3 aromatic rings. The highest BCUT2D eigenvalue weighted by molar-refractivity contribution is 7.89. The average molecular weight is 497 g/mol. The second-order valence-electron chi connectivity index (χ2n) is 9.03. The van der Waals surface area contributed by atoms with Crippen LogP contribution in [0.15, 0.2) is 89.8 Å². The van der Waals surface area contributed by atoms with Crippen molar-refractivity contribution < 1.29 is 8.42 Å². The molecule has 1 unspecified atom stereocenters. The lowest BCUT2D eigenvalue weighted by atomic mass is 9.88. The van der Waals surface area contributed by atoms with Gasteiger partial charge in [-0.25, -0.2) is 13.1 Å². The molecule has 1 saturated heterocycles. The topological polar surface area (TPSA) is 49.4 Å². The Balaban J connectivity index is 1.34. The van der Waals surface area contributed by atoms with Gasteiger partial charge in [0.25, 0.3) is 0 Å². The van der Waals surface area contributed by atoms with Crippen molar-refractivity contribution in [3.63, 3.8) is 0 Å². The van der Waals surface area contributed by atoms with Crippen molar-refractivity contribution in [1.82, 2.24) is 9.62 Å². The summed E-state index contributed by atoms with van der Waals surface area (Å²) < 4.78 is 28.0. The summed E-state index contributed by atoms with van der Waals surface area (Å²) in [4.78, 5) is 2.84. The van der Waals surface area contributed by atoms with Crippen LogP contribution in [-0.4, -0.2) is 39.5 Å². The molecule has 4 rings (SSSR count). The number of halogens is 1. The first-order valence-corrected chi connectivity index (χ1v) is 14.0. The van der Waals surface area contributed by atoms with E-state index in [-0.39, 0.29) is 5.92 Å². The minimum absolute atomic E-state index is 0.194. The van der Waals surface area contributed by atoms with Crippen LogP contribution in [0.25, 0.3) is 0 Å². The van der Waals surface area contributed by atoms with E-state index in [9.17, 15) is 8.42 Å². The summed E-state index contributed by atoms with van der Waals surface area (Å²) >= 11 is 6.54. The highest BCUT2D eigenvalue weighted by atomic mass is 35.5. The first-order valence-electron chi connectivity index (χ1n) is 12.1. The average Bonchev–Trinajstić information content (AvgIpc) is 2.88. The van der Waals surface area contributed by atoms with E-state index >= 15 is 0 Å². The van der Waals surface area contributed by atoms with Crippen LogP contribution < -0.4 is 4.72 Å². The highest BCUT2D eigenvalue weighted by Crippen LogP contribution is 2.32. The van der Waals surface area contributed by atoms with Gasteiger partial charge in [-0.1, -0.05) is 78.3 Å². The smallest absolute Gasteiger partial charge is 0.240 e. The van der Waals surface area contributed by atoms with Gasteiger partial charge in [-0.15, -0.1) is 0 Å². The van der Waals surface area contributed by atoms with Crippen molar-refractivity contribution in [2.75, 3.05) is 26.2 Å². The first-order chi connectivity index (χ1) is 16.5. The Morgan fingerprint density at radius 3 is 2.15 bits per heavy atom. The van der Waals surface area contributed by atoms with Crippen LogP contribution in [0.4, 0.5) is 0 Å². The van der Waals surface area contributed by atoms with Crippen LogP contribution in [0.5, 0.6) is 0 Å². The molecule has 1 fully saturated rings. The Morgan fingerprint density at radius 1 is 0.853 bits per heavy atom. The molecule has 1 aliphatic heterocycles. The summed E-state index contributed by atoms with van der Waals surface area (Å²) in [5, 5.41) is 0.751. The van der Waals surface area contributed by atoms with E-state index in [1.54, 1.807) is 24.3 Å². The second-order valence-corrected chi connectivity index (χ2v) is 11.2. The van der Waals surface area contributed by atoms with Gasteiger partial charge in [0.05, 0.1) is 4.90 Å². The SMILES string of the molecule is O=S(=O)(NCCC(CCN1CCC(c2ccccc2)CC1)c1ccccc1Cl)c1ccccc1. The Morgan fingerprint density at radius 2 is 1.47 bits per heavy atom. The fourth-order valence-electron chi connectivity index (χ4n) is 4.87. The Kier molecular flexibility index (Phi) is 8.79. The number of hydrogen-bond donors (Lipinski definition) is 1. The molecule has 1 N–H and O–H groups in total. The number of nitrogens with one attached hydrogen (secondary N) is 1. The van der Waals surface area contributed by atoms with Crippen LogP contribution in [0.3, 0.4) is 0 Å². The number of nitrogens with zero attached hydrogens (tertiary/aromatic N) is 1.